The SMILES string of the molecule is CC(=O)O/C=C\C(=O)[C@@H]1CC2=CC(=O)CC[C@]2(C)C2CC[C@@]3(C)[C@@H](CC[C@@]34CCC(=O)O4)[C@@H]21. The van der Waals surface area contributed by atoms with Gasteiger partial charge in [0.15, 0.2) is 11.6 Å². The second kappa shape index (κ2) is 7.64. The van der Waals surface area contributed by atoms with E-state index in [0.29, 0.717) is 25.2 Å². The molecule has 1 heterocycles. The Kier molecular flexibility index (Phi) is 5.22. The van der Waals surface area contributed by atoms with Gasteiger partial charge >= 0.3 is 11.9 Å². The fraction of sp³-hybridized carbons (Fsp3) is 0.704. The number of carbonyl (C=O) groups excluding carboxylic acids is 4. The lowest BCUT2D eigenvalue weighted by Gasteiger charge is -2.60. The molecule has 0 aromatic rings. The van der Waals surface area contributed by atoms with E-state index in [-0.39, 0.29) is 46.1 Å². The van der Waals surface area contributed by atoms with Gasteiger partial charge in [0.2, 0.25) is 0 Å². The summed E-state index contributed by atoms with van der Waals surface area (Å²) < 4.78 is 11.0. The average Bonchev–Trinajstić information content (AvgIpc) is 3.28. The van der Waals surface area contributed by atoms with Crippen molar-refractivity contribution in [3.8, 4) is 0 Å². The van der Waals surface area contributed by atoms with E-state index < -0.39 is 11.6 Å². The molecule has 0 aromatic heterocycles. The first-order chi connectivity index (χ1) is 15.6. The zero-order chi connectivity index (χ0) is 23.6. The minimum absolute atomic E-state index is 0.0409. The van der Waals surface area contributed by atoms with Gasteiger partial charge in [0, 0.05) is 37.2 Å². The molecule has 178 valence electrons. The first-order valence-corrected chi connectivity index (χ1v) is 12.4. The minimum atomic E-state index is -0.459. The molecule has 0 bridgehead atoms. The molecule has 6 heteroatoms. The van der Waals surface area contributed by atoms with Crippen molar-refractivity contribution in [2.24, 2.45) is 34.5 Å². The number of hydrogen-bond acceptors (Lipinski definition) is 6. The van der Waals surface area contributed by atoms with Crippen molar-refractivity contribution in [1.29, 1.82) is 0 Å². The smallest absolute Gasteiger partial charge is 0.307 e. The lowest BCUT2D eigenvalue weighted by Crippen LogP contribution is -2.57. The summed E-state index contributed by atoms with van der Waals surface area (Å²) in [5.41, 5.74) is 0.502. The van der Waals surface area contributed by atoms with Crippen molar-refractivity contribution < 1.29 is 28.7 Å². The summed E-state index contributed by atoms with van der Waals surface area (Å²) in [5, 5.41) is 0. The van der Waals surface area contributed by atoms with Crippen LogP contribution in [0.4, 0.5) is 0 Å². The van der Waals surface area contributed by atoms with Crippen LogP contribution >= 0.6 is 0 Å². The number of rotatable bonds is 3. The fourth-order valence-corrected chi connectivity index (χ4v) is 8.47. The van der Waals surface area contributed by atoms with E-state index in [4.69, 9.17) is 9.47 Å². The monoisotopic (exact) mass is 454 g/mol. The largest absolute Gasteiger partial charge is 0.458 e. The van der Waals surface area contributed by atoms with Gasteiger partial charge in [-0.15, -0.1) is 0 Å². The van der Waals surface area contributed by atoms with E-state index in [1.54, 1.807) is 6.08 Å². The Labute approximate surface area is 195 Å². The van der Waals surface area contributed by atoms with E-state index >= 15 is 0 Å². The molecule has 6 nitrogen and oxygen atoms in total. The molecule has 1 spiro atoms. The molecule has 0 N–H and O–H groups in total. The maximum atomic E-state index is 13.5. The summed E-state index contributed by atoms with van der Waals surface area (Å²) in [4.78, 5) is 49.1. The lowest BCUT2D eigenvalue weighted by molar-refractivity contribution is -0.172. The van der Waals surface area contributed by atoms with E-state index in [1.807, 2.05) is 0 Å². The average molecular weight is 455 g/mol. The van der Waals surface area contributed by atoms with E-state index in [9.17, 15) is 19.2 Å². The fourth-order valence-electron chi connectivity index (χ4n) is 8.47. The highest BCUT2D eigenvalue weighted by molar-refractivity contribution is 5.94. The van der Waals surface area contributed by atoms with Crippen LogP contribution in [0.2, 0.25) is 0 Å². The van der Waals surface area contributed by atoms with Gasteiger partial charge in [0.1, 0.15) is 5.60 Å². The van der Waals surface area contributed by atoms with Gasteiger partial charge in [-0.1, -0.05) is 19.4 Å². The molecule has 0 amide bonds. The van der Waals surface area contributed by atoms with Crippen LogP contribution < -0.4 is 0 Å². The van der Waals surface area contributed by atoms with Crippen molar-refractivity contribution >= 4 is 23.5 Å². The van der Waals surface area contributed by atoms with E-state index in [2.05, 4.69) is 13.8 Å². The third-order valence-corrected chi connectivity index (χ3v) is 10.2. The Morgan fingerprint density at radius 3 is 2.52 bits per heavy atom. The number of hydrogen-bond donors (Lipinski definition) is 0. The predicted molar refractivity (Wildman–Crippen MR) is 120 cm³/mol. The highest BCUT2D eigenvalue weighted by Crippen LogP contribution is 2.70. The van der Waals surface area contributed by atoms with Gasteiger partial charge in [-0.25, -0.2) is 0 Å². The van der Waals surface area contributed by atoms with Crippen molar-refractivity contribution in [3.05, 3.63) is 24.0 Å². The van der Waals surface area contributed by atoms with Crippen LogP contribution in [0.25, 0.3) is 0 Å². The first kappa shape index (κ1) is 22.5. The maximum Gasteiger partial charge on any atom is 0.307 e. The van der Waals surface area contributed by atoms with Gasteiger partial charge in [-0.2, -0.15) is 0 Å². The summed E-state index contributed by atoms with van der Waals surface area (Å²) in [6.07, 6.45) is 11.4. The molecule has 1 aliphatic heterocycles. The summed E-state index contributed by atoms with van der Waals surface area (Å²) in [7, 11) is 0. The van der Waals surface area contributed by atoms with Crippen LogP contribution in [0.1, 0.15) is 78.6 Å². The molecule has 4 fully saturated rings. The molecule has 0 aromatic carbocycles. The Bertz CT molecular complexity index is 977. The van der Waals surface area contributed by atoms with Crippen LogP contribution in [0, 0.1) is 34.5 Å². The summed E-state index contributed by atoms with van der Waals surface area (Å²) in [6, 6.07) is 0. The van der Waals surface area contributed by atoms with Crippen molar-refractivity contribution in [2.45, 2.75) is 84.2 Å². The molecule has 5 aliphatic rings. The van der Waals surface area contributed by atoms with Crippen molar-refractivity contribution in [3.63, 3.8) is 0 Å². The molecule has 33 heavy (non-hydrogen) atoms. The van der Waals surface area contributed by atoms with Gasteiger partial charge < -0.3 is 9.47 Å². The van der Waals surface area contributed by atoms with Crippen LogP contribution in [-0.4, -0.2) is 29.1 Å². The Balaban J connectivity index is 1.54. The van der Waals surface area contributed by atoms with Gasteiger partial charge in [0.25, 0.3) is 0 Å². The summed E-state index contributed by atoms with van der Waals surface area (Å²) >= 11 is 0. The Hall–Kier alpha value is -2.24. The number of esters is 2. The molecular weight excluding hydrogens is 420 g/mol. The van der Waals surface area contributed by atoms with Crippen molar-refractivity contribution in [2.75, 3.05) is 0 Å². The van der Waals surface area contributed by atoms with Crippen LogP contribution in [0.15, 0.2) is 24.0 Å². The predicted octanol–water partition coefficient (Wildman–Crippen LogP) is 4.47. The minimum Gasteiger partial charge on any atom is -0.458 e. The summed E-state index contributed by atoms with van der Waals surface area (Å²) in [5.74, 6) is 0.0569. The van der Waals surface area contributed by atoms with E-state index in [1.165, 1.54) is 19.3 Å². The number of fused-ring (bicyclic) bond motifs is 6. The normalized spacial score (nSPS) is 44.2. The highest BCUT2D eigenvalue weighted by Gasteiger charge is 2.68. The molecule has 0 radical (unpaired) electrons. The molecule has 7 atom stereocenters. The van der Waals surface area contributed by atoms with Gasteiger partial charge in [0.05, 0.1) is 6.26 Å². The Morgan fingerprint density at radius 1 is 1.06 bits per heavy atom. The van der Waals surface area contributed by atoms with E-state index in [0.717, 1.165) is 44.1 Å². The molecule has 4 aliphatic carbocycles. The third-order valence-electron chi connectivity index (χ3n) is 10.2. The molecule has 1 saturated heterocycles. The number of carbonyl (C=O) groups is 4. The molecule has 1 unspecified atom stereocenters. The number of ketones is 2. The van der Waals surface area contributed by atoms with Crippen molar-refractivity contribution in [1.82, 2.24) is 0 Å². The maximum absolute atomic E-state index is 13.5. The standard InChI is InChI=1S/C27H34O6/c1-16(28)32-13-8-22(30)19-15-17-14-18(29)4-9-25(17,2)20-5-10-26(3)21(24(19)20)6-11-27(26)12-7-23(31)33-27/h8,13-14,19-21,24H,4-7,9-12,15H2,1-3H3/b13-8-/t19-,20?,21-,24+,25-,26-,27+/m0/s1. The van der Waals surface area contributed by atoms with Crippen LogP contribution in [0.5, 0.6) is 0 Å². The van der Waals surface area contributed by atoms with Gasteiger partial charge in [-0.3, -0.25) is 19.2 Å². The summed E-state index contributed by atoms with van der Waals surface area (Å²) in [6.45, 7) is 5.89. The zero-order valence-corrected chi connectivity index (χ0v) is 19.9. The first-order valence-electron chi connectivity index (χ1n) is 12.4. The van der Waals surface area contributed by atoms with Gasteiger partial charge in [-0.05, 0) is 74.2 Å². The zero-order valence-electron chi connectivity index (χ0n) is 19.9. The molecule has 3 saturated carbocycles. The second-order valence-electron chi connectivity index (χ2n) is 11.4. The number of allylic oxidation sites excluding steroid dienone is 2. The quantitative estimate of drug-likeness (QED) is 0.355. The van der Waals surface area contributed by atoms with Crippen LogP contribution in [0.3, 0.4) is 0 Å². The molecular formula is C27H34O6. The number of ether oxygens (including phenoxy) is 2. The lowest BCUT2D eigenvalue weighted by atomic mass is 9.43. The topological polar surface area (TPSA) is 86.7 Å². The second-order valence-corrected chi connectivity index (χ2v) is 11.4. The highest BCUT2D eigenvalue weighted by atomic mass is 16.6. The Morgan fingerprint density at radius 2 is 1.82 bits per heavy atom. The van der Waals surface area contributed by atoms with Crippen LogP contribution in [-0.2, 0) is 28.7 Å². The molecule has 5 rings (SSSR count). The third kappa shape index (κ3) is 3.27.